The fraction of sp³-hybridized carbons (Fsp3) is 0.333. The predicted octanol–water partition coefficient (Wildman–Crippen LogP) is 0.225. The van der Waals surface area contributed by atoms with Gasteiger partial charge in [-0.25, -0.2) is 0 Å². The van der Waals surface area contributed by atoms with Crippen LogP contribution in [0.4, 0.5) is 0 Å². The maximum atomic E-state index is 10.4. The molecule has 0 unspecified atom stereocenters. The molecule has 0 aliphatic carbocycles. The van der Waals surface area contributed by atoms with Gasteiger partial charge in [0, 0.05) is 6.42 Å². The van der Waals surface area contributed by atoms with Crippen molar-refractivity contribution in [2.45, 2.75) is 13.3 Å². The first-order valence-corrected chi connectivity index (χ1v) is 2.67. The Morgan fingerprint density at radius 2 is 2.22 bits per heavy atom. The molecule has 3 heteroatoms. The fourth-order valence-electron chi connectivity index (χ4n) is 0.277. The summed E-state index contributed by atoms with van der Waals surface area (Å²) in [5.74, 6) is -0.721. The lowest BCUT2D eigenvalue weighted by Crippen LogP contribution is -2.27. The van der Waals surface area contributed by atoms with Gasteiger partial charge in [0.1, 0.15) is 0 Å². The topological polar surface area (TPSA) is 46.2 Å². The summed E-state index contributed by atoms with van der Waals surface area (Å²) in [6.45, 7) is 4.86. The van der Waals surface area contributed by atoms with Gasteiger partial charge in [0.15, 0.2) is 0 Å². The highest BCUT2D eigenvalue weighted by Gasteiger charge is 1.98. The third-order valence-electron chi connectivity index (χ3n) is 0.769. The third kappa shape index (κ3) is 3.46. The Bertz CT molecular complexity index is 140. The molecule has 0 aliphatic heterocycles. The lowest BCUT2D eigenvalue weighted by Gasteiger charge is -1.93. The smallest absolute Gasteiger partial charge is 0.249 e. The molecule has 2 amide bonds. The van der Waals surface area contributed by atoms with Crippen molar-refractivity contribution < 1.29 is 9.59 Å². The summed E-state index contributed by atoms with van der Waals surface area (Å²) in [6.07, 6.45) is 1.38. The molecule has 0 aromatic heterocycles. The number of amides is 2. The molecule has 3 nitrogen and oxygen atoms in total. The highest BCUT2D eigenvalue weighted by molar-refractivity contribution is 6.00. The van der Waals surface area contributed by atoms with E-state index in [-0.39, 0.29) is 5.91 Å². The molecule has 0 saturated heterocycles. The predicted molar refractivity (Wildman–Crippen MR) is 33.6 cm³/mol. The van der Waals surface area contributed by atoms with Crippen molar-refractivity contribution in [3.05, 3.63) is 12.7 Å². The van der Waals surface area contributed by atoms with Crippen LogP contribution >= 0.6 is 0 Å². The fourth-order valence-corrected chi connectivity index (χ4v) is 0.277. The Morgan fingerprint density at radius 1 is 1.67 bits per heavy atom. The van der Waals surface area contributed by atoms with Crippen molar-refractivity contribution in [3.63, 3.8) is 0 Å². The van der Waals surface area contributed by atoms with Crippen molar-refractivity contribution in [2.24, 2.45) is 0 Å². The highest BCUT2D eigenvalue weighted by atomic mass is 16.2. The summed E-state index contributed by atoms with van der Waals surface area (Å²) in [4.78, 5) is 20.7. The molecule has 0 rings (SSSR count). The monoisotopic (exact) mass is 127 g/mol. The number of carbonyl (C=O) groups is 2. The van der Waals surface area contributed by atoms with Gasteiger partial charge in [-0.05, 0) is 6.08 Å². The summed E-state index contributed by atoms with van der Waals surface area (Å²) in [5.41, 5.74) is 0. The molecule has 0 spiro atoms. The van der Waals surface area contributed by atoms with Gasteiger partial charge < -0.3 is 0 Å². The van der Waals surface area contributed by atoms with E-state index in [4.69, 9.17) is 0 Å². The van der Waals surface area contributed by atoms with Crippen LogP contribution in [0.2, 0.25) is 0 Å². The molecule has 50 valence electrons. The zero-order valence-corrected chi connectivity index (χ0v) is 5.31. The van der Waals surface area contributed by atoms with Crippen molar-refractivity contribution in [1.29, 1.82) is 0 Å². The van der Waals surface area contributed by atoms with E-state index in [1.807, 2.05) is 0 Å². The number of hydrogen-bond donors (Lipinski definition) is 1. The van der Waals surface area contributed by atoms with Gasteiger partial charge in [0.05, 0.1) is 0 Å². The molecule has 0 fully saturated rings. The van der Waals surface area contributed by atoms with Gasteiger partial charge in [-0.15, -0.1) is 0 Å². The minimum Gasteiger partial charge on any atom is -0.293 e. The van der Waals surface area contributed by atoms with Gasteiger partial charge >= 0.3 is 0 Å². The summed E-state index contributed by atoms with van der Waals surface area (Å²) in [7, 11) is 0. The molecule has 0 bridgehead atoms. The quantitative estimate of drug-likeness (QED) is 0.539. The standard InChI is InChI=1S/C6H9NO2/c1-3-5(8)7-6(9)4-2/h3H,1,4H2,2H3,(H,7,8,9). The maximum Gasteiger partial charge on any atom is 0.249 e. The van der Waals surface area contributed by atoms with Crippen molar-refractivity contribution >= 4 is 11.8 Å². The minimum absolute atomic E-state index is 0.278. The highest BCUT2D eigenvalue weighted by Crippen LogP contribution is 1.74. The van der Waals surface area contributed by atoms with E-state index in [0.29, 0.717) is 6.42 Å². The van der Waals surface area contributed by atoms with E-state index in [1.165, 1.54) is 0 Å². The molecule has 0 atom stereocenters. The molecule has 0 aliphatic rings. The van der Waals surface area contributed by atoms with Crippen LogP contribution in [-0.2, 0) is 9.59 Å². The SMILES string of the molecule is C=CC(=O)NC(=O)CC. The molecular formula is C6H9NO2. The van der Waals surface area contributed by atoms with Gasteiger partial charge in [-0.2, -0.15) is 0 Å². The summed E-state index contributed by atoms with van der Waals surface area (Å²) >= 11 is 0. The van der Waals surface area contributed by atoms with E-state index in [1.54, 1.807) is 6.92 Å². The Kier molecular flexibility index (Phi) is 3.35. The molecule has 0 saturated carbocycles. The van der Waals surface area contributed by atoms with Crippen LogP contribution in [0.5, 0.6) is 0 Å². The minimum atomic E-state index is -0.443. The average molecular weight is 127 g/mol. The van der Waals surface area contributed by atoms with Crippen LogP contribution in [0.1, 0.15) is 13.3 Å². The number of imide groups is 1. The summed E-state index contributed by atoms with van der Waals surface area (Å²) < 4.78 is 0. The van der Waals surface area contributed by atoms with E-state index in [9.17, 15) is 9.59 Å². The number of hydrogen-bond acceptors (Lipinski definition) is 2. The molecule has 0 radical (unpaired) electrons. The summed E-state index contributed by atoms with van der Waals surface area (Å²) in [6, 6.07) is 0. The Morgan fingerprint density at radius 3 is 2.56 bits per heavy atom. The van der Waals surface area contributed by atoms with Crippen LogP contribution < -0.4 is 5.32 Å². The van der Waals surface area contributed by atoms with E-state index in [2.05, 4.69) is 11.9 Å². The number of nitrogens with one attached hydrogen (secondary N) is 1. The van der Waals surface area contributed by atoms with Crippen LogP contribution in [0.25, 0.3) is 0 Å². The molecule has 0 heterocycles. The van der Waals surface area contributed by atoms with E-state index >= 15 is 0 Å². The molecule has 1 N–H and O–H groups in total. The Balaban J connectivity index is 3.59. The number of rotatable bonds is 2. The average Bonchev–Trinajstić information content (AvgIpc) is 1.87. The lowest BCUT2D eigenvalue weighted by molar-refractivity contribution is -0.127. The van der Waals surface area contributed by atoms with E-state index < -0.39 is 5.91 Å². The largest absolute Gasteiger partial charge is 0.293 e. The van der Waals surface area contributed by atoms with Crippen LogP contribution in [-0.4, -0.2) is 11.8 Å². The third-order valence-corrected chi connectivity index (χ3v) is 0.769. The van der Waals surface area contributed by atoms with Crippen LogP contribution in [0.15, 0.2) is 12.7 Å². The van der Waals surface area contributed by atoms with Gasteiger partial charge in [-0.3, -0.25) is 14.9 Å². The molecule has 0 aromatic carbocycles. The zero-order valence-electron chi connectivity index (χ0n) is 5.31. The number of carbonyl (C=O) groups excluding carboxylic acids is 2. The zero-order chi connectivity index (χ0) is 7.28. The summed E-state index contributed by atoms with van der Waals surface area (Å²) in [5, 5.41) is 2.08. The van der Waals surface area contributed by atoms with E-state index in [0.717, 1.165) is 6.08 Å². The Hall–Kier alpha value is -1.12. The van der Waals surface area contributed by atoms with Gasteiger partial charge in [0.25, 0.3) is 0 Å². The molecular weight excluding hydrogens is 118 g/mol. The lowest BCUT2D eigenvalue weighted by atomic mass is 10.4. The van der Waals surface area contributed by atoms with Gasteiger partial charge in [-0.1, -0.05) is 13.5 Å². The van der Waals surface area contributed by atoms with Crippen molar-refractivity contribution in [2.75, 3.05) is 0 Å². The second-order valence-corrected chi connectivity index (χ2v) is 1.47. The normalized spacial score (nSPS) is 8.11. The van der Waals surface area contributed by atoms with Gasteiger partial charge in [0.2, 0.25) is 11.8 Å². The Labute approximate surface area is 53.7 Å². The second kappa shape index (κ2) is 3.83. The first-order valence-electron chi connectivity index (χ1n) is 2.67. The second-order valence-electron chi connectivity index (χ2n) is 1.47. The van der Waals surface area contributed by atoms with Crippen molar-refractivity contribution in [3.8, 4) is 0 Å². The first-order chi connectivity index (χ1) is 4.20. The van der Waals surface area contributed by atoms with Crippen LogP contribution in [0.3, 0.4) is 0 Å². The maximum absolute atomic E-state index is 10.4. The first kappa shape index (κ1) is 7.88. The van der Waals surface area contributed by atoms with Crippen LogP contribution in [0, 0.1) is 0 Å². The molecule has 0 aromatic rings. The van der Waals surface area contributed by atoms with Crippen molar-refractivity contribution in [1.82, 2.24) is 5.32 Å². The molecule has 9 heavy (non-hydrogen) atoms.